The third-order valence-corrected chi connectivity index (χ3v) is 5.05. The van der Waals surface area contributed by atoms with E-state index in [1.807, 2.05) is 25.1 Å². The molecule has 1 heterocycles. The molecule has 1 fully saturated rings. The van der Waals surface area contributed by atoms with E-state index < -0.39 is 0 Å². The van der Waals surface area contributed by atoms with Crippen LogP contribution < -0.4 is 0 Å². The first kappa shape index (κ1) is 14.9. The minimum absolute atomic E-state index is 0.0791. The van der Waals surface area contributed by atoms with Gasteiger partial charge in [0.25, 0.3) is 0 Å². The summed E-state index contributed by atoms with van der Waals surface area (Å²) in [6.07, 6.45) is 4.68. The maximum atomic E-state index is 9.65. The molecule has 2 aromatic rings. The van der Waals surface area contributed by atoms with Crippen molar-refractivity contribution in [3.63, 3.8) is 0 Å². The molecule has 5 heteroatoms. The van der Waals surface area contributed by atoms with Gasteiger partial charge in [-0.15, -0.1) is 0 Å². The standard InChI is InChI=1S/C16H18Cl2N2O/c1-10-6-7-12(8-14(10)17)20-16(18)13(9-21)15(19-20)11-4-2-3-5-11/h6-8,11,21H,2-5,9H2,1H3. The molecule has 0 aliphatic heterocycles. The minimum atomic E-state index is -0.0791. The molecule has 0 radical (unpaired) electrons. The predicted molar refractivity (Wildman–Crippen MR) is 85.5 cm³/mol. The fraction of sp³-hybridized carbons (Fsp3) is 0.438. The van der Waals surface area contributed by atoms with E-state index in [0.717, 1.165) is 35.3 Å². The van der Waals surface area contributed by atoms with Crippen LogP contribution >= 0.6 is 23.2 Å². The van der Waals surface area contributed by atoms with Crippen LogP contribution in [-0.4, -0.2) is 14.9 Å². The molecule has 0 atom stereocenters. The Labute approximate surface area is 134 Å². The molecule has 112 valence electrons. The van der Waals surface area contributed by atoms with Gasteiger partial charge in [0.05, 0.1) is 18.0 Å². The molecule has 0 spiro atoms. The summed E-state index contributed by atoms with van der Waals surface area (Å²) in [6.45, 7) is 1.88. The quantitative estimate of drug-likeness (QED) is 0.893. The Bertz CT molecular complexity index is 661. The average Bonchev–Trinajstić information content (AvgIpc) is 3.09. The van der Waals surface area contributed by atoms with Crippen LogP contribution in [0.1, 0.15) is 48.4 Å². The van der Waals surface area contributed by atoms with E-state index in [2.05, 4.69) is 5.10 Å². The zero-order chi connectivity index (χ0) is 15.0. The Morgan fingerprint density at radius 1 is 1.29 bits per heavy atom. The molecule has 3 nitrogen and oxygen atoms in total. The smallest absolute Gasteiger partial charge is 0.138 e. The lowest BCUT2D eigenvalue weighted by molar-refractivity contribution is 0.280. The zero-order valence-electron chi connectivity index (χ0n) is 11.9. The Kier molecular flexibility index (Phi) is 4.25. The van der Waals surface area contributed by atoms with Crippen molar-refractivity contribution in [2.75, 3.05) is 0 Å². The van der Waals surface area contributed by atoms with Crippen LogP contribution in [0.25, 0.3) is 5.69 Å². The highest BCUT2D eigenvalue weighted by molar-refractivity contribution is 6.32. The van der Waals surface area contributed by atoms with Crippen molar-refractivity contribution in [3.05, 3.63) is 45.2 Å². The number of nitrogens with zero attached hydrogens (tertiary/aromatic N) is 2. The van der Waals surface area contributed by atoms with E-state index in [4.69, 9.17) is 23.2 Å². The van der Waals surface area contributed by atoms with Crippen molar-refractivity contribution < 1.29 is 5.11 Å². The number of hydrogen-bond acceptors (Lipinski definition) is 2. The predicted octanol–water partition coefficient (Wildman–Crippen LogP) is 4.64. The molecule has 1 aromatic heterocycles. The van der Waals surface area contributed by atoms with Gasteiger partial charge in [-0.3, -0.25) is 0 Å². The first-order valence-electron chi connectivity index (χ1n) is 7.26. The highest BCUT2D eigenvalue weighted by atomic mass is 35.5. The molecule has 1 aromatic carbocycles. The summed E-state index contributed by atoms with van der Waals surface area (Å²) in [5.74, 6) is 0.409. The van der Waals surface area contributed by atoms with Gasteiger partial charge < -0.3 is 5.11 Å². The van der Waals surface area contributed by atoms with Crippen molar-refractivity contribution in [1.29, 1.82) is 0 Å². The lowest BCUT2D eigenvalue weighted by Gasteiger charge is -2.07. The molecular weight excluding hydrogens is 307 g/mol. The molecule has 1 aliphatic rings. The van der Waals surface area contributed by atoms with E-state index in [9.17, 15) is 5.11 Å². The number of benzene rings is 1. The maximum absolute atomic E-state index is 9.65. The van der Waals surface area contributed by atoms with E-state index in [1.165, 1.54) is 12.8 Å². The van der Waals surface area contributed by atoms with E-state index in [1.54, 1.807) is 4.68 Å². The third-order valence-electron chi connectivity index (χ3n) is 4.25. The fourth-order valence-corrected chi connectivity index (χ4v) is 3.47. The Morgan fingerprint density at radius 3 is 2.62 bits per heavy atom. The normalized spacial score (nSPS) is 15.8. The number of halogens is 2. The first-order chi connectivity index (χ1) is 10.1. The van der Waals surface area contributed by atoms with Gasteiger partial charge in [0, 0.05) is 16.5 Å². The van der Waals surface area contributed by atoms with Crippen molar-refractivity contribution in [2.45, 2.75) is 45.1 Å². The second-order valence-electron chi connectivity index (χ2n) is 5.64. The SMILES string of the molecule is Cc1ccc(-n2nc(C3CCCC3)c(CO)c2Cl)cc1Cl. The lowest BCUT2D eigenvalue weighted by atomic mass is 10.0. The van der Waals surface area contributed by atoms with Crippen LogP contribution in [0.2, 0.25) is 10.2 Å². The van der Waals surface area contributed by atoms with Gasteiger partial charge in [-0.25, -0.2) is 4.68 Å². The number of hydrogen-bond donors (Lipinski definition) is 1. The summed E-state index contributed by atoms with van der Waals surface area (Å²) >= 11 is 12.6. The van der Waals surface area contributed by atoms with Crippen LogP contribution in [-0.2, 0) is 6.61 Å². The third kappa shape index (κ3) is 2.70. The first-order valence-corrected chi connectivity index (χ1v) is 8.02. The topological polar surface area (TPSA) is 38.0 Å². The van der Waals surface area contributed by atoms with E-state index in [0.29, 0.717) is 16.1 Å². The molecule has 1 N–H and O–H groups in total. The minimum Gasteiger partial charge on any atom is -0.391 e. The summed E-state index contributed by atoms with van der Waals surface area (Å²) in [7, 11) is 0. The molecule has 0 saturated heterocycles. The lowest BCUT2D eigenvalue weighted by Crippen LogP contribution is -2.00. The zero-order valence-corrected chi connectivity index (χ0v) is 13.5. The summed E-state index contributed by atoms with van der Waals surface area (Å²) in [6, 6.07) is 5.75. The highest BCUT2D eigenvalue weighted by Gasteiger charge is 2.26. The van der Waals surface area contributed by atoms with Gasteiger partial charge >= 0.3 is 0 Å². The maximum Gasteiger partial charge on any atom is 0.138 e. The molecule has 3 rings (SSSR count). The monoisotopic (exact) mass is 324 g/mol. The number of aliphatic hydroxyl groups excluding tert-OH is 1. The molecule has 21 heavy (non-hydrogen) atoms. The second kappa shape index (κ2) is 5.99. The van der Waals surface area contributed by atoms with Gasteiger partial charge in [0.2, 0.25) is 0 Å². The van der Waals surface area contributed by atoms with E-state index >= 15 is 0 Å². The Hall–Kier alpha value is -1.03. The molecule has 1 saturated carbocycles. The van der Waals surface area contributed by atoms with Gasteiger partial charge in [0.15, 0.2) is 0 Å². The Balaban J connectivity index is 2.08. The van der Waals surface area contributed by atoms with E-state index in [-0.39, 0.29) is 6.61 Å². The van der Waals surface area contributed by atoms with Crippen LogP contribution in [0, 0.1) is 6.92 Å². The van der Waals surface area contributed by atoms with Crippen LogP contribution in [0.5, 0.6) is 0 Å². The number of rotatable bonds is 3. The molecular formula is C16H18Cl2N2O. The largest absolute Gasteiger partial charge is 0.391 e. The van der Waals surface area contributed by atoms with Gasteiger partial charge in [-0.1, -0.05) is 42.1 Å². The summed E-state index contributed by atoms with van der Waals surface area (Å²) in [4.78, 5) is 0. The van der Waals surface area contributed by atoms with Gasteiger partial charge in [0.1, 0.15) is 5.15 Å². The second-order valence-corrected chi connectivity index (χ2v) is 6.40. The van der Waals surface area contributed by atoms with Crippen molar-refractivity contribution >= 4 is 23.2 Å². The fourth-order valence-electron chi connectivity index (χ4n) is 3.00. The van der Waals surface area contributed by atoms with Gasteiger partial charge in [-0.2, -0.15) is 5.10 Å². The molecule has 1 aliphatic carbocycles. The van der Waals surface area contributed by atoms with Crippen molar-refractivity contribution in [1.82, 2.24) is 9.78 Å². The number of aliphatic hydroxyl groups is 1. The number of aromatic nitrogens is 2. The Morgan fingerprint density at radius 2 is 2.00 bits per heavy atom. The summed E-state index contributed by atoms with van der Waals surface area (Å²) in [5, 5.41) is 15.5. The molecule has 0 amide bonds. The van der Waals surface area contributed by atoms with Crippen LogP contribution in [0.15, 0.2) is 18.2 Å². The van der Waals surface area contributed by atoms with Crippen molar-refractivity contribution in [3.8, 4) is 5.69 Å². The van der Waals surface area contributed by atoms with Crippen molar-refractivity contribution in [2.24, 2.45) is 0 Å². The number of aryl methyl sites for hydroxylation is 1. The molecule has 0 unspecified atom stereocenters. The summed E-state index contributed by atoms with van der Waals surface area (Å²) < 4.78 is 1.69. The van der Waals surface area contributed by atoms with Crippen LogP contribution in [0.4, 0.5) is 0 Å². The average molecular weight is 325 g/mol. The van der Waals surface area contributed by atoms with Gasteiger partial charge in [-0.05, 0) is 37.5 Å². The highest BCUT2D eigenvalue weighted by Crippen LogP contribution is 2.38. The van der Waals surface area contributed by atoms with Crippen LogP contribution in [0.3, 0.4) is 0 Å². The summed E-state index contributed by atoms with van der Waals surface area (Å²) in [5.41, 5.74) is 3.54. The molecule has 0 bridgehead atoms.